The van der Waals surface area contributed by atoms with Crippen molar-refractivity contribution in [2.45, 2.75) is 39.7 Å². The third-order valence-electron chi connectivity index (χ3n) is 2.90. The predicted molar refractivity (Wildman–Crippen MR) is 69.7 cm³/mol. The highest BCUT2D eigenvalue weighted by Gasteiger charge is 2.19. The largest absolute Gasteiger partial charge is 0.481 e. The number of carbonyl (C=O) groups excluding carboxylic acids is 1. The number of aromatic amines is 1. The van der Waals surface area contributed by atoms with Crippen LogP contribution in [0.5, 0.6) is 0 Å². The molecule has 1 rings (SSSR count). The van der Waals surface area contributed by atoms with Crippen molar-refractivity contribution in [2.75, 3.05) is 6.54 Å². The van der Waals surface area contributed by atoms with Crippen molar-refractivity contribution in [1.82, 2.24) is 31.3 Å². The topological polar surface area (TPSA) is 133 Å². The van der Waals surface area contributed by atoms with E-state index in [-0.39, 0.29) is 24.4 Å². The van der Waals surface area contributed by atoms with Crippen LogP contribution >= 0.6 is 0 Å². The number of urea groups is 1. The Morgan fingerprint density at radius 2 is 2.05 bits per heavy atom. The molecular formula is C11H20N6O3. The molecule has 1 aromatic heterocycles. The second-order valence-corrected chi connectivity index (χ2v) is 5.25. The van der Waals surface area contributed by atoms with E-state index in [1.165, 1.54) is 0 Å². The summed E-state index contributed by atoms with van der Waals surface area (Å²) >= 11 is 0. The predicted octanol–water partition coefficient (Wildman–Crippen LogP) is 0.280. The molecule has 1 heterocycles. The molecule has 0 aliphatic heterocycles. The summed E-state index contributed by atoms with van der Waals surface area (Å²) in [5, 5.41) is 27.0. The number of H-pyrrole nitrogens is 1. The molecule has 0 aliphatic carbocycles. The van der Waals surface area contributed by atoms with Gasteiger partial charge in [0.2, 0.25) is 0 Å². The minimum Gasteiger partial charge on any atom is -0.481 e. The minimum atomic E-state index is -0.802. The third-order valence-corrected chi connectivity index (χ3v) is 2.90. The van der Waals surface area contributed by atoms with Crippen molar-refractivity contribution in [3.63, 3.8) is 0 Å². The molecule has 9 nitrogen and oxygen atoms in total. The Labute approximate surface area is 116 Å². The van der Waals surface area contributed by atoms with Gasteiger partial charge in [-0.25, -0.2) is 4.79 Å². The van der Waals surface area contributed by atoms with E-state index in [9.17, 15) is 9.59 Å². The van der Waals surface area contributed by atoms with Gasteiger partial charge in [0.1, 0.15) is 0 Å². The van der Waals surface area contributed by atoms with Crippen molar-refractivity contribution >= 4 is 12.0 Å². The lowest BCUT2D eigenvalue weighted by atomic mass is 9.84. The van der Waals surface area contributed by atoms with Crippen molar-refractivity contribution in [3.05, 3.63) is 5.82 Å². The van der Waals surface area contributed by atoms with Crippen LogP contribution < -0.4 is 10.6 Å². The van der Waals surface area contributed by atoms with Crippen LogP contribution in [0.2, 0.25) is 0 Å². The van der Waals surface area contributed by atoms with Crippen LogP contribution in [0.15, 0.2) is 0 Å². The first-order chi connectivity index (χ1) is 9.39. The molecule has 0 radical (unpaired) electrons. The fraction of sp³-hybridized carbons (Fsp3) is 0.727. The SMILES string of the molecule is CC(C)(CCNC(=O)NCc1nn[nH]n1)CCC(=O)O. The Morgan fingerprint density at radius 1 is 1.30 bits per heavy atom. The maximum Gasteiger partial charge on any atom is 0.315 e. The number of amides is 2. The Morgan fingerprint density at radius 3 is 2.65 bits per heavy atom. The van der Waals surface area contributed by atoms with Gasteiger partial charge in [-0.3, -0.25) is 4.79 Å². The number of nitrogens with zero attached hydrogens (tertiary/aromatic N) is 3. The summed E-state index contributed by atoms with van der Waals surface area (Å²) in [7, 11) is 0. The summed E-state index contributed by atoms with van der Waals surface area (Å²) in [5.74, 6) is -0.397. The molecule has 0 unspecified atom stereocenters. The van der Waals surface area contributed by atoms with Gasteiger partial charge in [0.05, 0.1) is 6.54 Å². The van der Waals surface area contributed by atoms with Crippen LogP contribution in [0.1, 0.15) is 38.9 Å². The average Bonchev–Trinajstić information content (AvgIpc) is 2.87. The number of nitrogens with one attached hydrogen (secondary N) is 3. The smallest absolute Gasteiger partial charge is 0.315 e. The van der Waals surface area contributed by atoms with Gasteiger partial charge in [-0.15, -0.1) is 10.2 Å². The molecule has 1 aromatic rings. The lowest BCUT2D eigenvalue weighted by molar-refractivity contribution is -0.137. The van der Waals surface area contributed by atoms with Crippen LogP contribution in [0, 0.1) is 5.41 Å². The van der Waals surface area contributed by atoms with Gasteiger partial charge in [0, 0.05) is 13.0 Å². The highest BCUT2D eigenvalue weighted by atomic mass is 16.4. The maximum absolute atomic E-state index is 11.5. The number of carboxylic acid groups (broad SMARTS) is 1. The summed E-state index contributed by atoms with van der Waals surface area (Å²) in [5.41, 5.74) is -0.126. The fourth-order valence-corrected chi connectivity index (χ4v) is 1.56. The lowest BCUT2D eigenvalue weighted by Crippen LogP contribution is -2.37. The number of tetrazole rings is 1. The van der Waals surface area contributed by atoms with Crippen LogP contribution in [0.25, 0.3) is 0 Å². The zero-order valence-corrected chi connectivity index (χ0v) is 11.6. The van der Waals surface area contributed by atoms with E-state index in [4.69, 9.17) is 5.11 Å². The van der Waals surface area contributed by atoms with Gasteiger partial charge >= 0.3 is 12.0 Å². The standard InChI is InChI=1S/C11H20N6O3/c1-11(2,4-3-9(18)19)5-6-12-10(20)13-7-8-14-16-17-15-8/h3-7H2,1-2H3,(H,18,19)(H2,12,13,20)(H,14,15,16,17). The molecule has 20 heavy (non-hydrogen) atoms. The first-order valence-corrected chi connectivity index (χ1v) is 6.35. The second-order valence-electron chi connectivity index (χ2n) is 5.25. The first-order valence-electron chi connectivity index (χ1n) is 6.35. The van der Waals surface area contributed by atoms with Gasteiger partial charge in [-0.1, -0.05) is 19.1 Å². The Hall–Kier alpha value is -2.19. The van der Waals surface area contributed by atoms with Crippen molar-refractivity contribution in [1.29, 1.82) is 0 Å². The van der Waals surface area contributed by atoms with Crippen LogP contribution in [-0.2, 0) is 11.3 Å². The number of aliphatic carboxylic acids is 1. The number of hydrogen-bond donors (Lipinski definition) is 4. The normalized spacial score (nSPS) is 11.1. The molecule has 0 bridgehead atoms. The average molecular weight is 284 g/mol. The number of hydrogen-bond acceptors (Lipinski definition) is 5. The molecule has 0 saturated heterocycles. The lowest BCUT2D eigenvalue weighted by Gasteiger charge is -2.23. The van der Waals surface area contributed by atoms with E-state index in [0.717, 1.165) is 0 Å². The van der Waals surface area contributed by atoms with Gasteiger partial charge < -0.3 is 15.7 Å². The fourth-order valence-electron chi connectivity index (χ4n) is 1.56. The number of aromatic nitrogens is 4. The van der Waals surface area contributed by atoms with E-state index in [1.54, 1.807) is 0 Å². The van der Waals surface area contributed by atoms with Gasteiger partial charge in [0.15, 0.2) is 5.82 Å². The number of carboxylic acids is 1. The summed E-state index contributed by atoms with van der Waals surface area (Å²) < 4.78 is 0. The minimum absolute atomic E-state index is 0.126. The van der Waals surface area contributed by atoms with Crippen molar-refractivity contribution in [2.24, 2.45) is 5.41 Å². The van der Waals surface area contributed by atoms with Crippen molar-refractivity contribution in [3.8, 4) is 0 Å². The van der Waals surface area contributed by atoms with E-state index >= 15 is 0 Å². The summed E-state index contributed by atoms with van der Waals surface area (Å²) in [6.07, 6.45) is 1.42. The summed E-state index contributed by atoms with van der Waals surface area (Å²) in [4.78, 5) is 22.0. The Bertz CT molecular complexity index is 431. The van der Waals surface area contributed by atoms with E-state index in [1.807, 2.05) is 13.8 Å². The summed E-state index contributed by atoms with van der Waals surface area (Å²) in [6.45, 7) is 4.64. The van der Waals surface area contributed by atoms with Gasteiger partial charge in [-0.05, 0) is 18.3 Å². The molecule has 0 aliphatic rings. The zero-order valence-electron chi connectivity index (χ0n) is 11.6. The second kappa shape index (κ2) is 7.41. The number of rotatable bonds is 8. The molecule has 0 spiro atoms. The van der Waals surface area contributed by atoms with E-state index in [0.29, 0.717) is 25.2 Å². The monoisotopic (exact) mass is 284 g/mol. The molecule has 0 atom stereocenters. The van der Waals surface area contributed by atoms with Gasteiger partial charge in [0.25, 0.3) is 0 Å². The Kier molecular flexibility index (Phi) is 5.88. The highest BCUT2D eigenvalue weighted by Crippen LogP contribution is 2.25. The molecule has 112 valence electrons. The van der Waals surface area contributed by atoms with Gasteiger partial charge in [-0.2, -0.15) is 5.21 Å². The first kappa shape index (κ1) is 15.9. The van der Waals surface area contributed by atoms with E-state index in [2.05, 4.69) is 31.3 Å². The maximum atomic E-state index is 11.5. The highest BCUT2D eigenvalue weighted by molar-refractivity contribution is 5.73. The van der Waals surface area contributed by atoms with Crippen molar-refractivity contribution < 1.29 is 14.7 Å². The molecule has 0 aromatic carbocycles. The molecule has 0 saturated carbocycles. The molecule has 0 fully saturated rings. The summed E-state index contributed by atoms with van der Waals surface area (Å²) in [6, 6.07) is -0.316. The molecule has 4 N–H and O–H groups in total. The van der Waals surface area contributed by atoms with E-state index < -0.39 is 5.97 Å². The third kappa shape index (κ3) is 6.66. The van der Waals surface area contributed by atoms with Crippen LogP contribution in [0.3, 0.4) is 0 Å². The quantitative estimate of drug-likeness (QED) is 0.542. The Balaban J connectivity index is 2.15. The molecule has 2 amide bonds. The zero-order chi connectivity index (χ0) is 15.0. The van der Waals surface area contributed by atoms with Crippen LogP contribution in [-0.4, -0.2) is 44.3 Å². The van der Waals surface area contributed by atoms with Crippen LogP contribution in [0.4, 0.5) is 4.79 Å². The number of carbonyl (C=O) groups is 2. The molecular weight excluding hydrogens is 264 g/mol. The molecule has 9 heteroatoms.